The smallest absolute Gasteiger partial charge is 0.406 e. The number of carbonyl (C=O) groups excluding carboxylic acids is 3. The van der Waals surface area contributed by atoms with Gasteiger partial charge in [-0.2, -0.15) is 0 Å². The number of amides is 4. The van der Waals surface area contributed by atoms with E-state index in [1.165, 1.54) is 4.90 Å². The van der Waals surface area contributed by atoms with Crippen molar-refractivity contribution in [2.24, 2.45) is 0 Å². The normalized spacial score (nSPS) is 12.3. The molecule has 1 heterocycles. The predicted octanol–water partition coefficient (Wildman–Crippen LogP) is 5.13. The van der Waals surface area contributed by atoms with Gasteiger partial charge in [-0.15, -0.1) is 0 Å². The van der Waals surface area contributed by atoms with Gasteiger partial charge in [0.25, 0.3) is 0 Å². The summed E-state index contributed by atoms with van der Waals surface area (Å²) in [4.78, 5) is 79.0. The molecule has 22 heteroatoms. The Bertz CT molecular complexity index is 1670. The van der Waals surface area contributed by atoms with E-state index in [0.29, 0.717) is 77.4 Å². The number of aromatic nitrogens is 3. The molecule has 61 heavy (non-hydrogen) atoms. The quantitative estimate of drug-likeness (QED) is 0.0566. The molecule has 0 aromatic carbocycles. The third-order valence-corrected chi connectivity index (χ3v) is 24.0. The van der Waals surface area contributed by atoms with Gasteiger partial charge in [0.05, 0.1) is 6.61 Å². The van der Waals surface area contributed by atoms with Crippen LogP contribution in [0.2, 0.25) is 64.5 Å². The van der Waals surface area contributed by atoms with E-state index >= 15 is 0 Å². The maximum atomic E-state index is 13.6. The molecule has 0 aliphatic heterocycles. The molecule has 0 radical (unpaired) electrons. The minimum Gasteiger partial charge on any atom is -0.453 e. The van der Waals surface area contributed by atoms with Crippen molar-refractivity contribution in [1.82, 2.24) is 34.6 Å². The van der Waals surface area contributed by atoms with Crippen molar-refractivity contribution in [2.75, 3.05) is 52.3 Å². The summed E-state index contributed by atoms with van der Waals surface area (Å²) in [6, 6.07) is 1.74. The highest BCUT2D eigenvalue weighted by Gasteiger charge is 2.34. The van der Waals surface area contributed by atoms with Gasteiger partial charge >= 0.3 is 35.3 Å². The van der Waals surface area contributed by atoms with Gasteiger partial charge in [0.1, 0.15) is 12.5 Å². The summed E-state index contributed by atoms with van der Waals surface area (Å²) in [6.45, 7) is 22.7. The van der Waals surface area contributed by atoms with Gasteiger partial charge in [-0.1, -0.05) is 20.3 Å². The number of nitrogens with one attached hydrogen (secondary N) is 3. The summed E-state index contributed by atoms with van der Waals surface area (Å²) < 4.78 is 27.1. The zero-order valence-corrected chi connectivity index (χ0v) is 43.4. The van der Waals surface area contributed by atoms with Gasteiger partial charge in [-0.05, 0) is 122 Å². The molecule has 4 N–H and O–H groups in total. The van der Waals surface area contributed by atoms with Crippen LogP contribution in [0.1, 0.15) is 78.1 Å². The first-order chi connectivity index (χ1) is 28.5. The predicted molar refractivity (Wildman–Crippen MR) is 250 cm³/mol. The zero-order chi connectivity index (χ0) is 46.3. The molecule has 0 saturated carbocycles. The Morgan fingerprint density at radius 3 is 1.31 bits per heavy atom. The molecule has 0 saturated heterocycles. The summed E-state index contributed by atoms with van der Waals surface area (Å²) in [5.74, 6) is 0. The van der Waals surface area contributed by atoms with Gasteiger partial charge < -0.3 is 43.7 Å². The van der Waals surface area contributed by atoms with Gasteiger partial charge in [-0.25, -0.2) is 42.5 Å². The van der Waals surface area contributed by atoms with Gasteiger partial charge in [0.15, 0.2) is 16.6 Å². The first-order valence-corrected chi connectivity index (χ1v) is 34.7. The van der Waals surface area contributed by atoms with Crippen molar-refractivity contribution >= 4 is 51.5 Å². The second-order valence-electron chi connectivity index (χ2n) is 18.2. The molecule has 0 aliphatic carbocycles. The standard InChI is InChI=1S/C39H81N7O11Si4/c1-12-31-59(6,7)57-61(10,11)33-55-36(50)42-25-19-16-22-28-46-38(52)44(26-20-14-17-23-40-34(48)43(3)29-30-47)37(51)45(39(46)53)27-21-15-18-24-41-35(49)54-32-60(8,9)56-58(4,5)13-2/h47H,12-33H2,1-11H3,(H,40,48)(H,41,49)(H,42,50). The van der Waals surface area contributed by atoms with Crippen LogP contribution in [0.4, 0.5) is 14.4 Å². The lowest BCUT2D eigenvalue weighted by Crippen LogP contribution is -2.54. The average molecular weight is 936 g/mol. The molecule has 1 aromatic heterocycles. The van der Waals surface area contributed by atoms with Crippen molar-refractivity contribution in [3.05, 3.63) is 31.5 Å². The molecule has 18 nitrogen and oxygen atoms in total. The molecular weight excluding hydrogens is 855 g/mol. The summed E-state index contributed by atoms with van der Waals surface area (Å²) >= 11 is 0. The fourth-order valence-electron chi connectivity index (χ4n) is 6.80. The average Bonchev–Trinajstić information content (AvgIpc) is 3.16. The van der Waals surface area contributed by atoms with Gasteiger partial charge in [0, 0.05) is 52.9 Å². The largest absolute Gasteiger partial charge is 0.453 e. The fraction of sp³-hybridized carbons (Fsp3) is 0.846. The van der Waals surface area contributed by atoms with Crippen LogP contribution >= 0.6 is 0 Å². The number of likely N-dealkylation sites (N-methyl/N-ethyl adjacent to an activating group) is 1. The second kappa shape index (κ2) is 27.9. The highest BCUT2D eigenvalue weighted by molar-refractivity contribution is 6.85. The summed E-state index contributed by atoms with van der Waals surface area (Å²) in [5.41, 5.74) is -1.98. The lowest BCUT2D eigenvalue weighted by Gasteiger charge is -2.33. The van der Waals surface area contributed by atoms with Crippen LogP contribution in [-0.4, -0.2) is 127 Å². The third-order valence-electron chi connectivity index (χ3n) is 10.1. The van der Waals surface area contributed by atoms with E-state index in [0.717, 1.165) is 32.2 Å². The monoisotopic (exact) mass is 936 g/mol. The number of rotatable bonds is 31. The number of ether oxygens (including phenoxy) is 2. The van der Waals surface area contributed by atoms with E-state index in [1.54, 1.807) is 7.05 Å². The zero-order valence-electron chi connectivity index (χ0n) is 39.4. The molecule has 0 spiro atoms. The van der Waals surface area contributed by atoms with Gasteiger partial charge in [0.2, 0.25) is 16.6 Å². The molecule has 0 atom stereocenters. The number of nitrogens with zero attached hydrogens (tertiary/aromatic N) is 4. The molecule has 0 bridgehead atoms. The lowest BCUT2D eigenvalue weighted by atomic mass is 10.2. The highest BCUT2D eigenvalue weighted by Crippen LogP contribution is 2.20. The summed E-state index contributed by atoms with van der Waals surface area (Å²) in [7, 11) is -6.32. The van der Waals surface area contributed by atoms with Crippen molar-refractivity contribution in [3.8, 4) is 0 Å². The fourth-order valence-corrected chi connectivity index (χ4v) is 22.4. The van der Waals surface area contributed by atoms with E-state index in [1.807, 2.05) is 13.1 Å². The Morgan fingerprint density at radius 1 is 0.574 bits per heavy atom. The minimum atomic E-state index is -2.17. The maximum Gasteiger partial charge on any atom is 0.406 e. The second-order valence-corrected chi connectivity index (χ2v) is 35.7. The van der Waals surface area contributed by atoms with Crippen LogP contribution in [0, 0.1) is 0 Å². The van der Waals surface area contributed by atoms with Crippen LogP contribution in [0.5, 0.6) is 0 Å². The van der Waals surface area contributed by atoms with Crippen molar-refractivity contribution in [3.63, 3.8) is 0 Å². The van der Waals surface area contributed by atoms with Crippen LogP contribution in [-0.2, 0) is 37.3 Å². The first-order valence-electron chi connectivity index (χ1n) is 22.3. The number of aliphatic hydroxyl groups excluding tert-OH is 1. The SMILES string of the molecule is CCC[Si](C)(C)O[Si](C)(C)COC(=O)NCCCCCn1c(=O)n(CCCCCNC(=O)OC[Si](C)(C)O[Si](C)(C)CC)c(=O)n(CCCCCNC(=O)N(C)CCO)c1=O. The van der Waals surface area contributed by atoms with E-state index in [-0.39, 0.29) is 51.3 Å². The van der Waals surface area contributed by atoms with Crippen LogP contribution in [0.15, 0.2) is 14.4 Å². The van der Waals surface area contributed by atoms with E-state index in [2.05, 4.69) is 69.1 Å². The number of hydrogen-bond donors (Lipinski definition) is 4. The lowest BCUT2D eigenvalue weighted by molar-refractivity contribution is 0.158. The van der Waals surface area contributed by atoms with E-state index in [4.69, 9.17) is 22.8 Å². The number of unbranched alkanes of at least 4 members (excludes halogenated alkanes) is 6. The van der Waals surface area contributed by atoms with Crippen molar-refractivity contribution in [2.45, 2.75) is 162 Å². The Balaban J connectivity index is 2.83. The maximum absolute atomic E-state index is 13.6. The van der Waals surface area contributed by atoms with Crippen molar-refractivity contribution < 1.29 is 37.2 Å². The molecule has 0 aliphatic rings. The number of urea groups is 1. The van der Waals surface area contributed by atoms with E-state index < -0.39 is 62.5 Å². The number of alkyl carbamates (subject to hydrolysis) is 2. The highest BCUT2D eigenvalue weighted by atomic mass is 28.4. The molecule has 354 valence electrons. The van der Waals surface area contributed by atoms with Crippen molar-refractivity contribution in [1.29, 1.82) is 0 Å². The number of hydrogen-bond acceptors (Lipinski definition) is 11. The van der Waals surface area contributed by atoms with E-state index in [9.17, 15) is 28.8 Å². The molecule has 1 rings (SSSR count). The molecular formula is C39H81N7O11Si4. The third kappa shape index (κ3) is 23.3. The Kier molecular flexibility index (Phi) is 25.6. The Morgan fingerprint density at radius 2 is 0.951 bits per heavy atom. The van der Waals surface area contributed by atoms with Crippen LogP contribution < -0.4 is 33.0 Å². The summed E-state index contributed by atoms with van der Waals surface area (Å²) in [6.07, 6.45) is 5.70. The van der Waals surface area contributed by atoms with Crippen LogP contribution in [0.3, 0.4) is 0 Å². The Hall–Kier alpha value is -3.03. The van der Waals surface area contributed by atoms with Crippen LogP contribution in [0.25, 0.3) is 0 Å². The topological polar surface area (TPSA) is 214 Å². The van der Waals surface area contributed by atoms with Gasteiger partial charge in [-0.3, -0.25) is 0 Å². The Labute approximate surface area is 368 Å². The number of aliphatic hydroxyl groups is 1. The summed E-state index contributed by atoms with van der Waals surface area (Å²) in [5, 5.41) is 17.4. The molecule has 0 unspecified atom stereocenters. The molecule has 1 aromatic rings. The molecule has 0 fully saturated rings. The minimum absolute atomic E-state index is 0.110. The first kappa shape index (κ1) is 56.0. The number of carbonyl (C=O) groups is 3. The molecule has 4 amide bonds.